The third kappa shape index (κ3) is 3.70. The Balaban J connectivity index is 1.96. The van der Waals surface area contributed by atoms with Crippen molar-refractivity contribution < 1.29 is 4.79 Å². The Labute approximate surface area is 121 Å². The molecule has 110 valence electrons. The van der Waals surface area contributed by atoms with Crippen LogP contribution >= 0.6 is 0 Å². The Kier molecular flexibility index (Phi) is 5.35. The van der Waals surface area contributed by atoms with Crippen molar-refractivity contribution >= 4 is 11.7 Å². The second-order valence-electron chi connectivity index (χ2n) is 5.07. The monoisotopic (exact) mass is 276 g/mol. The van der Waals surface area contributed by atoms with Gasteiger partial charge >= 0.3 is 0 Å². The molecule has 0 unspecified atom stereocenters. The number of carbonyl (C=O) groups is 1. The number of rotatable bonds is 5. The molecule has 0 radical (unpaired) electrons. The van der Waals surface area contributed by atoms with E-state index >= 15 is 0 Å². The number of pyridine rings is 1. The smallest absolute Gasteiger partial charge is 0.272 e. The van der Waals surface area contributed by atoms with Gasteiger partial charge in [0.05, 0.1) is 0 Å². The number of anilines is 1. The SMILES string of the molecule is CCCN1CCN(C(=O)c2cccc(NCC)n2)CC1. The van der Waals surface area contributed by atoms with Crippen LogP contribution in [0.5, 0.6) is 0 Å². The molecule has 5 heteroatoms. The van der Waals surface area contributed by atoms with E-state index in [-0.39, 0.29) is 5.91 Å². The van der Waals surface area contributed by atoms with Crippen molar-refractivity contribution in [3.63, 3.8) is 0 Å². The van der Waals surface area contributed by atoms with Crippen molar-refractivity contribution in [2.75, 3.05) is 44.6 Å². The lowest BCUT2D eigenvalue weighted by molar-refractivity contribution is 0.0632. The van der Waals surface area contributed by atoms with E-state index in [2.05, 4.69) is 22.1 Å². The molecule has 2 rings (SSSR count). The molecule has 1 N–H and O–H groups in total. The van der Waals surface area contributed by atoms with Gasteiger partial charge in [0.15, 0.2) is 0 Å². The molecule has 5 nitrogen and oxygen atoms in total. The first kappa shape index (κ1) is 14.8. The highest BCUT2D eigenvalue weighted by atomic mass is 16.2. The third-order valence-electron chi connectivity index (χ3n) is 3.53. The normalized spacial score (nSPS) is 16.2. The fourth-order valence-corrected chi connectivity index (χ4v) is 2.49. The number of hydrogen-bond acceptors (Lipinski definition) is 4. The van der Waals surface area contributed by atoms with E-state index in [4.69, 9.17) is 0 Å². The highest BCUT2D eigenvalue weighted by molar-refractivity contribution is 5.92. The molecule has 1 saturated heterocycles. The van der Waals surface area contributed by atoms with Crippen molar-refractivity contribution in [3.8, 4) is 0 Å². The van der Waals surface area contributed by atoms with Crippen LogP contribution in [0.2, 0.25) is 0 Å². The Bertz CT molecular complexity index is 441. The lowest BCUT2D eigenvalue weighted by Gasteiger charge is -2.34. The maximum Gasteiger partial charge on any atom is 0.272 e. The maximum absolute atomic E-state index is 12.4. The lowest BCUT2D eigenvalue weighted by atomic mass is 10.2. The maximum atomic E-state index is 12.4. The molecule has 1 amide bonds. The van der Waals surface area contributed by atoms with E-state index in [1.165, 1.54) is 6.42 Å². The van der Waals surface area contributed by atoms with E-state index in [1.807, 2.05) is 24.0 Å². The standard InChI is InChI=1S/C15H24N4O/c1-3-8-18-9-11-19(12-10-18)15(20)13-6-5-7-14(17-13)16-4-2/h5-7H,3-4,8-12H2,1-2H3,(H,16,17). The van der Waals surface area contributed by atoms with E-state index < -0.39 is 0 Å². The Morgan fingerprint density at radius 2 is 2.00 bits per heavy atom. The van der Waals surface area contributed by atoms with Gasteiger partial charge in [-0.2, -0.15) is 0 Å². The lowest BCUT2D eigenvalue weighted by Crippen LogP contribution is -2.48. The molecule has 1 aliphatic rings. The molecule has 20 heavy (non-hydrogen) atoms. The zero-order valence-electron chi connectivity index (χ0n) is 12.4. The van der Waals surface area contributed by atoms with E-state index in [9.17, 15) is 4.79 Å². The number of nitrogens with one attached hydrogen (secondary N) is 1. The number of carbonyl (C=O) groups excluding carboxylic acids is 1. The minimum Gasteiger partial charge on any atom is -0.370 e. The predicted molar refractivity (Wildman–Crippen MR) is 81.0 cm³/mol. The van der Waals surface area contributed by atoms with E-state index in [0.717, 1.165) is 45.1 Å². The molecule has 2 heterocycles. The number of hydrogen-bond donors (Lipinski definition) is 1. The molecule has 0 spiro atoms. The van der Waals surface area contributed by atoms with Crippen LogP contribution in [0.4, 0.5) is 5.82 Å². The molecule has 1 aromatic heterocycles. The summed E-state index contributed by atoms with van der Waals surface area (Å²) in [6, 6.07) is 5.56. The van der Waals surface area contributed by atoms with Gasteiger partial charge < -0.3 is 10.2 Å². The molecular formula is C15H24N4O. The van der Waals surface area contributed by atoms with E-state index in [1.54, 1.807) is 6.07 Å². The summed E-state index contributed by atoms with van der Waals surface area (Å²) in [5, 5.41) is 3.14. The number of aromatic nitrogens is 1. The van der Waals surface area contributed by atoms with Crippen LogP contribution in [0.15, 0.2) is 18.2 Å². The number of piperazine rings is 1. The molecule has 0 aliphatic carbocycles. The van der Waals surface area contributed by atoms with Gasteiger partial charge in [0.25, 0.3) is 5.91 Å². The van der Waals surface area contributed by atoms with Crippen molar-refractivity contribution in [3.05, 3.63) is 23.9 Å². The molecule has 1 aromatic rings. The van der Waals surface area contributed by atoms with Gasteiger partial charge in [-0.25, -0.2) is 4.98 Å². The molecule has 0 atom stereocenters. The van der Waals surface area contributed by atoms with Gasteiger partial charge in [0.2, 0.25) is 0 Å². The Morgan fingerprint density at radius 1 is 1.25 bits per heavy atom. The first-order valence-electron chi connectivity index (χ1n) is 7.47. The van der Waals surface area contributed by atoms with Gasteiger partial charge in [-0.1, -0.05) is 13.0 Å². The van der Waals surface area contributed by atoms with Gasteiger partial charge in [-0.05, 0) is 32.0 Å². The van der Waals surface area contributed by atoms with E-state index in [0.29, 0.717) is 5.69 Å². The fraction of sp³-hybridized carbons (Fsp3) is 0.600. The van der Waals surface area contributed by atoms with Crippen molar-refractivity contribution in [2.24, 2.45) is 0 Å². The second-order valence-corrected chi connectivity index (χ2v) is 5.07. The molecular weight excluding hydrogens is 252 g/mol. The molecule has 1 fully saturated rings. The summed E-state index contributed by atoms with van der Waals surface area (Å²) in [6.07, 6.45) is 1.17. The summed E-state index contributed by atoms with van der Waals surface area (Å²) in [7, 11) is 0. The number of amides is 1. The van der Waals surface area contributed by atoms with Crippen LogP contribution in [-0.2, 0) is 0 Å². The highest BCUT2D eigenvalue weighted by Crippen LogP contribution is 2.10. The van der Waals surface area contributed by atoms with Crippen LogP contribution in [0.1, 0.15) is 30.8 Å². The summed E-state index contributed by atoms with van der Waals surface area (Å²) in [4.78, 5) is 21.1. The molecule has 1 aliphatic heterocycles. The van der Waals surface area contributed by atoms with Crippen molar-refractivity contribution in [1.82, 2.24) is 14.8 Å². The summed E-state index contributed by atoms with van der Waals surface area (Å²) in [6.45, 7) is 9.66. The Morgan fingerprint density at radius 3 is 2.65 bits per heavy atom. The van der Waals surface area contributed by atoms with Gasteiger partial charge in [-0.3, -0.25) is 9.69 Å². The third-order valence-corrected chi connectivity index (χ3v) is 3.53. The topological polar surface area (TPSA) is 48.5 Å². The average molecular weight is 276 g/mol. The first-order chi connectivity index (χ1) is 9.74. The molecule has 0 saturated carbocycles. The molecule has 0 bridgehead atoms. The van der Waals surface area contributed by atoms with Crippen molar-refractivity contribution in [2.45, 2.75) is 20.3 Å². The van der Waals surface area contributed by atoms with Crippen LogP contribution < -0.4 is 5.32 Å². The van der Waals surface area contributed by atoms with Gasteiger partial charge in [-0.15, -0.1) is 0 Å². The van der Waals surface area contributed by atoms with Crippen molar-refractivity contribution in [1.29, 1.82) is 0 Å². The summed E-state index contributed by atoms with van der Waals surface area (Å²) in [5.41, 5.74) is 0.535. The predicted octanol–water partition coefficient (Wildman–Crippen LogP) is 1.68. The zero-order chi connectivity index (χ0) is 14.4. The van der Waals surface area contributed by atoms with Crippen LogP contribution in [0, 0.1) is 0 Å². The van der Waals surface area contributed by atoms with Crippen LogP contribution in [0.25, 0.3) is 0 Å². The zero-order valence-corrected chi connectivity index (χ0v) is 12.4. The molecule has 0 aromatic carbocycles. The van der Waals surface area contributed by atoms with Gasteiger partial charge in [0.1, 0.15) is 11.5 Å². The summed E-state index contributed by atoms with van der Waals surface area (Å²) >= 11 is 0. The van der Waals surface area contributed by atoms with Crippen LogP contribution in [0.3, 0.4) is 0 Å². The fourth-order valence-electron chi connectivity index (χ4n) is 2.49. The minimum absolute atomic E-state index is 0.0425. The highest BCUT2D eigenvalue weighted by Gasteiger charge is 2.22. The number of nitrogens with zero attached hydrogens (tertiary/aromatic N) is 3. The largest absolute Gasteiger partial charge is 0.370 e. The first-order valence-corrected chi connectivity index (χ1v) is 7.47. The average Bonchev–Trinajstić information content (AvgIpc) is 2.48. The van der Waals surface area contributed by atoms with Crippen LogP contribution in [-0.4, -0.2) is 60.0 Å². The van der Waals surface area contributed by atoms with Gasteiger partial charge in [0, 0.05) is 32.7 Å². The second kappa shape index (κ2) is 7.24. The Hall–Kier alpha value is -1.62. The summed E-state index contributed by atoms with van der Waals surface area (Å²) in [5.74, 6) is 0.809. The summed E-state index contributed by atoms with van der Waals surface area (Å²) < 4.78 is 0. The minimum atomic E-state index is 0.0425. The quantitative estimate of drug-likeness (QED) is 0.889.